The van der Waals surface area contributed by atoms with E-state index in [0.717, 1.165) is 24.2 Å². The molecule has 2 heterocycles. The fourth-order valence-corrected chi connectivity index (χ4v) is 2.95. The van der Waals surface area contributed by atoms with Crippen LogP contribution in [-0.4, -0.2) is 36.4 Å². The predicted octanol–water partition coefficient (Wildman–Crippen LogP) is 2.69. The first-order valence-corrected chi connectivity index (χ1v) is 8.28. The summed E-state index contributed by atoms with van der Waals surface area (Å²) in [5.41, 5.74) is 2.18. The van der Waals surface area contributed by atoms with Crippen molar-refractivity contribution >= 4 is 11.7 Å². The van der Waals surface area contributed by atoms with Crippen molar-refractivity contribution in [3.63, 3.8) is 0 Å². The number of hydrogen-bond donors (Lipinski definition) is 0. The molecule has 0 saturated heterocycles. The van der Waals surface area contributed by atoms with Gasteiger partial charge >= 0.3 is 0 Å². The zero-order valence-corrected chi connectivity index (χ0v) is 14.1. The van der Waals surface area contributed by atoms with E-state index in [1.807, 2.05) is 19.9 Å². The molecule has 1 fully saturated rings. The largest absolute Gasteiger partial charge is 0.328 e. The Morgan fingerprint density at radius 2 is 2.04 bits per heavy atom. The molecule has 1 amide bonds. The maximum absolute atomic E-state index is 14.0. The topological polar surface area (TPSA) is 63.4 Å². The first-order chi connectivity index (χ1) is 12.0. The van der Waals surface area contributed by atoms with Crippen molar-refractivity contribution in [1.29, 1.82) is 0 Å². The van der Waals surface area contributed by atoms with Crippen LogP contribution in [0.1, 0.15) is 40.4 Å². The first kappa shape index (κ1) is 15.7. The van der Waals surface area contributed by atoms with Crippen molar-refractivity contribution in [3.8, 4) is 0 Å². The lowest BCUT2D eigenvalue weighted by Gasteiger charge is -2.21. The number of aromatic nitrogens is 4. The van der Waals surface area contributed by atoms with E-state index in [0.29, 0.717) is 11.3 Å². The highest BCUT2D eigenvalue weighted by molar-refractivity contribution is 5.91. The maximum atomic E-state index is 14.0. The summed E-state index contributed by atoms with van der Waals surface area (Å²) in [5, 5.41) is 4.31. The molecular weight excluding hydrogens is 321 g/mol. The van der Waals surface area contributed by atoms with Crippen molar-refractivity contribution in [2.75, 3.05) is 0 Å². The van der Waals surface area contributed by atoms with E-state index in [4.69, 9.17) is 0 Å². The summed E-state index contributed by atoms with van der Waals surface area (Å²) in [4.78, 5) is 23.2. The number of amides is 1. The Bertz CT molecular complexity index is 963. The number of nitrogens with zero attached hydrogens (tertiary/aromatic N) is 5. The number of aryl methyl sites for hydroxylation is 2. The van der Waals surface area contributed by atoms with E-state index in [-0.39, 0.29) is 30.1 Å². The monoisotopic (exact) mass is 339 g/mol. The van der Waals surface area contributed by atoms with Crippen LogP contribution in [0.15, 0.2) is 30.3 Å². The van der Waals surface area contributed by atoms with Gasteiger partial charge in [0.2, 0.25) is 5.82 Å². The number of rotatable bonds is 4. The second-order valence-corrected chi connectivity index (χ2v) is 6.44. The van der Waals surface area contributed by atoms with Gasteiger partial charge in [-0.15, -0.1) is 5.10 Å². The maximum Gasteiger partial charge on any atom is 0.294 e. The van der Waals surface area contributed by atoms with Crippen molar-refractivity contribution in [2.45, 2.75) is 39.3 Å². The highest BCUT2D eigenvalue weighted by atomic mass is 19.1. The van der Waals surface area contributed by atoms with E-state index in [2.05, 4.69) is 15.1 Å². The van der Waals surface area contributed by atoms with Crippen LogP contribution < -0.4 is 0 Å². The fourth-order valence-electron chi connectivity index (χ4n) is 2.95. The summed E-state index contributed by atoms with van der Waals surface area (Å²) in [7, 11) is 0. The summed E-state index contributed by atoms with van der Waals surface area (Å²) in [6.45, 7) is 3.98. The summed E-state index contributed by atoms with van der Waals surface area (Å²) >= 11 is 0. The standard InChI is InChI=1S/C18H18FN5O/c1-11-9-12(2)24-18(20-11)21-16(22-24)17(25)23(14-7-8-14)10-13-5-3-4-6-15(13)19/h3-6,9,14H,7-8,10H2,1-2H3. The molecule has 128 valence electrons. The molecule has 1 saturated carbocycles. The molecule has 1 aromatic carbocycles. The normalized spacial score (nSPS) is 14.0. The number of halogens is 1. The van der Waals surface area contributed by atoms with Crippen LogP contribution in [-0.2, 0) is 6.54 Å². The third-order valence-corrected chi connectivity index (χ3v) is 4.36. The van der Waals surface area contributed by atoms with Gasteiger partial charge < -0.3 is 4.90 Å². The number of fused-ring (bicyclic) bond motifs is 1. The molecule has 0 bridgehead atoms. The van der Waals surface area contributed by atoms with Crippen molar-refractivity contribution in [2.24, 2.45) is 0 Å². The minimum Gasteiger partial charge on any atom is -0.328 e. The first-order valence-electron chi connectivity index (χ1n) is 8.28. The third-order valence-electron chi connectivity index (χ3n) is 4.36. The van der Waals surface area contributed by atoms with E-state index < -0.39 is 0 Å². The zero-order chi connectivity index (χ0) is 17.6. The van der Waals surface area contributed by atoms with E-state index in [1.54, 1.807) is 27.6 Å². The molecule has 3 aromatic rings. The predicted molar refractivity (Wildman–Crippen MR) is 89.6 cm³/mol. The number of benzene rings is 1. The molecule has 6 nitrogen and oxygen atoms in total. The quantitative estimate of drug-likeness (QED) is 0.733. The highest BCUT2D eigenvalue weighted by Gasteiger charge is 2.35. The van der Waals surface area contributed by atoms with Crippen molar-refractivity contribution < 1.29 is 9.18 Å². The summed E-state index contributed by atoms with van der Waals surface area (Å²) in [6, 6.07) is 8.52. The summed E-state index contributed by atoms with van der Waals surface area (Å²) in [6.07, 6.45) is 1.84. The molecule has 0 unspecified atom stereocenters. The van der Waals surface area contributed by atoms with Crippen LogP contribution >= 0.6 is 0 Å². The van der Waals surface area contributed by atoms with Crippen LogP contribution in [0.5, 0.6) is 0 Å². The Labute approximate surface area is 144 Å². The average molecular weight is 339 g/mol. The molecule has 0 spiro atoms. The van der Waals surface area contributed by atoms with Gasteiger partial charge in [-0.25, -0.2) is 13.9 Å². The lowest BCUT2D eigenvalue weighted by Crippen LogP contribution is -2.33. The van der Waals surface area contributed by atoms with Gasteiger partial charge in [0.25, 0.3) is 11.7 Å². The minimum absolute atomic E-state index is 0.101. The van der Waals surface area contributed by atoms with Crippen LogP contribution in [0, 0.1) is 19.7 Å². The van der Waals surface area contributed by atoms with Gasteiger partial charge in [0.15, 0.2) is 0 Å². The molecule has 0 radical (unpaired) electrons. The van der Waals surface area contributed by atoms with Crippen LogP contribution in [0.3, 0.4) is 0 Å². The highest BCUT2D eigenvalue weighted by Crippen LogP contribution is 2.30. The Morgan fingerprint density at radius 1 is 1.28 bits per heavy atom. The Morgan fingerprint density at radius 3 is 2.76 bits per heavy atom. The molecule has 2 aromatic heterocycles. The zero-order valence-electron chi connectivity index (χ0n) is 14.1. The Balaban J connectivity index is 1.67. The molecule has 1 aliphatic rings. The molecule has 0 aliphatic heterocycles. The van der Waals surface area contributed by atoms with Crippen molar-refractivity contribution in [3.05, 3.63) is 58.9 Å². The summed E-state index contributed by atoms with van der Waals surface area (Å²) in [5.74, 6) is -0.0859. The Kier molecular flexibility index (Phi) is 3.71. The van der Waals surface area contributed by atoms with Gasteiger partial charge in [-0.3, -0.25) is 4.79 Å². The SMILES string of the molecule is Cc1cc(C)n2nc(C(=O)N(Cc3ccccc3F)C3CC3)nc2n1. The number of carbonyl (C=O) groups is 1. The molecular formula is C18H18FN5O. The fraction of sp³-hybridized carbons (Fsp3) is 0.333. The average Bonchev–Trinajstić information content (AvgIpc) is 3.32. The van der Waals surface area contributed by atoms with Gasteiger partial charge in [0.05, 0.1) is 0 Å². The lowest BCUT2D eigenvalue weighted by atomic mass is 10.2. The molecule has 7 heteroatoms. The van der Waals surface area contributed by atoms with Crippen LogP contribution in [0.25, 0.3) is 5.78 Å². The van der Waals surface area contributed by atoms with Gasteiger partial charge in [0.1, 0.15) is 5.82 Å². The van der Waals surface area contributed by atoms with Gasteiger partial charge in [0, 0.05) is 29.5 Å². The smallest absolute Gasteiger partial charge is 0.294 e. The van der Waals surface area contributed by atoms with E-state index in [1.165, 1.54) is 6.07 Å². The second kappa shape index (κ2) is 5.91. The van der Waals surface area contributed by atoms with E-state index >= 15 is 0 Å². The van der Waals surface area contributed by atoms with Crippen LogP contribution in [0.2, 0.25) is 0 Å². The molecule has 1 aliphatic carbocycles. The van der Waals surface area contributed by atoms with Crippen molar-refractivity contribution in [1.82, 2.24) is 24.5 Å². The minimum atomic E-state index is -0.308. The molecule has 0 N–H and O–H groups in total. The lowest BCUT2D eigenvalue weighted by molar-refractivity contribution is 0.0716. The molecule has 25 heavy (non-hydrogen) atoms. The Hall–Kier alpha value is -2.83. The van der Waals surface area contributed by atoms with Gasteiger partial charge in [-0.2, -0.15) is 4.98 Å². The van der Waals surface area contributed by atoms with E-state index in [9.17, 15) is 9.18 Å². The van der Waals surface area contributed by atoms with Crippen LogP contribution in [0.4, 0.5) is 4.39 Å². The molecule has 0 atom stereocenters. The third kappa shape index (κ3) is 2.97. The van der Waals surface area contributed by atoms with Gasteiger partial charge in [-0.05, 0) is 38.8 Å². The second-order valence-electron chi connectivity index (χ2n) is 6.44. The number of carbonyl (C=O) groups excluding carboxylic acids is 1. The summed E-state index contributed by atoms with van der Waals surface area (Å²) < 4.78 is 15.5. The molecule has 4 rings (SSSR count). The van der Waals surface area contributed by atoms with Gasteiger partial charge in [-0.1, -0.05) is 18.2 Å². The number of hydrogen-bond acceptors (Lipinski definition) is 4.